The molecule has 0 bridgehead atoms. The Morgan fingerprint density at radius 1 is 1.04 bits per heavy atom. The van der Waals surface area contributed by atoms with Gasteiger partial charge >= 0.3 is 6.03 Å². The number of amides is 3. The van der Waals surface area contributed by atoms with Crippen molar-refractivity contribution in [3.63, 3.8) is 0 Å². The summed E-state index contributed by atoms with van der Waals surface area (Å²) < 4.78 is 0. The van der Waals surface area contributed by atoms with E-state index in [0.29, 0.717) is 25.3 Å². The van der Waals surface area contributed by atoms with Gasteiger partial charge in [0.05, 0.1) is 0 Å². The molecule has 1 aliphatic heterocycles. The molecule has 2 aromatic rings. The topological polar surface area (TPSA) is 81.7 Å². The van der Waals surface area contributed by atoms with Crippen molar-refractivity contribution in [1.82, 2.24) is 10.2 Å². The largest absolute Gasteiger partial charge is 0.508 e. The van der Waals surface area contributed by atoms with E-state index in [9.17, 15) is 14.7 Å². The van der Waals surface area contributed by atoms with Crippen LogP contribution in [0.3, 0.4) is 0 Å². The highest BCUT2D eigenvalue weighted by Gasteiger charge is 2.17. The van der Waals surface area contributed by atoms with Crippen LogP contribution in [0, 0.1) is 0 Å². The van der Waals surface area contributed by atoms with Crippen LogP contribution in [0.2, 0.25) is 0 Å². The van der Waals surface area contributed by atoms with E-state index >= 15 is 0 Å². The van der Waals surface area contributed by atoms with Gasteiger partial charge in [-0.25, -0.2) is 4.79 Å². The number of benzene rings is 2. The molecule has 0 saturated carbocycles. The average Bonchev–Trinajstić information content (AvgIpc) is 2.69. The Bertz CT molecular complexity index is 816. The molecule has 2 aromatic carbocycles. The van der Waals surface area contributed by atoms with E-state index in [0.717, 1.165) is 12.0 Å². The van der Waals surface area contributed by atoms with E-state index in [2.05, 4.69) is 10.6 Å². The van der Waals surface area contributed by atoms with Gasteiger partial charge < -0.3 is 20.6 Å². The van der Waals surface area contributed by atoms with Crippen molar-refractivity contribution in [2.45, 2.75) is 12.8 Å². The van der Waals surface area contributed by atoms with Crippen molar-refractivity contribution < 1.29 is 14.7 Å². The van der Waals surface area contributed by atoms with Gasteiger partial charge in [0.15, 0.2) is 0 Å². The minimum Gasteiger partial charge on any atom is -0.508 e. The van der Waals surface area contributed by atoms with Crippen LogP contribution < -0.4 is 10.6 Å². The number of phenolic OH excluding ortho intramolecular Hbond substituents is 1. The highest BCUT2D eigenvalue weighted by Crippen LogP contribution is 2.24. The standard InChI is InChI=1S/C21H23N3O3/c25-19-8-6-16(7-9-19)17-11-14-24(15-12-17)20(26)10-13-22-21(27)23-18-4-2-1-3-5-18/h1-9,11,25H,10,12-15H2,(H2,22,23,27). The zero-order valence-corrected chi connectivity index (χ0v) is 15.0. The van der Waals surface area contributed by atoms with Crippen molar-refractivity contribution in [2.24, 2.45) is 0 Å². The summed E-state index contributed by atoms with van der Waals surface area (Å²) in [7, 11) is 0. The molecule has 3 N–H and O–H groups in total. The molecule has 0 atom stereocenters. The maximum atomic E-state index is 12.3. The first-order chi connectivity index (χ1) is 13.1. The molecule has 6 heteroatoms. The Hall–Kier alpha value is -3.28. The minimum absolute atomic E-state index is 0.0241. The molecule has 3 amide bonds. The smallest absolute Gasteiger partial charge is 0.319 e. The third-order valence-corrected chi connectivity index (χ3v) is 4.46. The van der Waals surface area contributed by atoms with Crippen LogP contribution in [0.25, 0.3) is 5.57 Å². The first-order valence-corrected chi connectivity index (χ1v) is 8.98. The van der Waals surface area contributed by atoms with Gasteiger partial charge in [0.1, 0.15) is 5.75 Å². The van der Waals surface area contributed by atoms with Crippen LogP contribution in [0.4, 0.5) is 10.5 Å². The predicted molar refractivity (Wildman–Crippen MR) is 105 cm³/mol. The molecule has 1 aliphatic rings. The van der Waals surface area contributed by atoms with E-state index in [1.54, 1.807) is 29.2 Å². The highest BCUT2D eigenvalue weighted by atomic mass is 16.3. The average molecular weight is 365 g/mol. The monoisotopic (exact) mass is 365 g/mol. The molecule has 0 fully saturated rings. The van der Waals surface area contributed by atoms with Crippen molar-refractivity contribution >= 4 is 23.2 Å². The number of rotatable bonds is 5. The number of phenols is 1. The zero-order valence-electron chi connectivity index (χ0n) is 15.0. The molecule has 0 spiro atoms. The third kappa shape index (κ3) is 5.34. The lowest BCUT2D eigenvalue weighted by Gasteiger charge is -2.27. The summed E-state index contributed by atoms with van der Waals surface area (Å²) in [5, 5.41) is 14.8. The van der Waals surface area contributed by atoms with Crippen LogP contribution in [-0.2, 0) is 4.79 Å². The van der Waals surface area contributed by atoms with Gasteiger partial charge in [-0.05, 0) is 41.8 Å². The van der Waals surface area contributed by atoms with Crippen LogP contribution in [0.5, 0.6) is 5.75 Å². The molecule has 0 radical (unpaired) electrons. The van der Waals surface area contributed by atoms with Gasteiger partial charge in [-0.1, -0.05) is 36.4 Å². The molecule has 0 unspecified atom stereocenters. The third-order valence-electron chi connectivity index (χ3n) is 4.46. The molecule has 0 aromatic heterocycles. The zero-order chi connectivity index (χ0) is 19.1. The number of nitrogens with one attached hydrogen (secondary N) is 2. The number of carbonyl (C=O) groups excluding carboxylic acids is 2. The van der Waals surface area contributed by atoms with E-state index in [4.69, 9.17) is 0 Å². The SMILES string of the molecule is O=C(NCCC(=O)N1CC=C(c2ccc(O)cc2)CC1)Nc1ccccc1. The number of carbonyl (C=O) groups is 2. The summed E-state index contributed by atoms with van der Waals surface area (Å²) in [5.74, 6) is 0.270. The molecule has 27 heavy (non-hydrogen) atoms. The Morgan fingerprint density at radius 2 is 1.78 bits per heavy atom. The van der Waals surface area contributed by atoms with E-state index in [-0.39, 0.29) is 24.1 Å². The molecular weight excluding hydrogens is 342 g/mol. The summed E-state index contributed by atoms with van der Waals surface area (Å²) in [4.78, 5) is 25.9. The second-order valence-corrected chi connectivity index (χ2v) is 6.36. The van der Waals surface area contributed by atoms with Crippen molar-refractivity contribution in [3.05, 3.63) is 66.2 Å². The van der Waals surface area contributed by atoms with Gasteiger partial charge in [-0.3, -0.25) is 4.79 Å². The second-order valence-electron chi connectivity index (χ2n) is 6.36. The van der Waals surface area contributed by atoms with Gasteiger partial charge in [0.25, 0.3) is 0 Å². The highest BCUT2D eigenvalue weighted by molar-refractivity contribution is 5.89. The van der Waals surface area contributed by atoms with E-state index in [1.807, 2.05) is 36.4 Å². The van der Waals surface area contributed by atoms with E-state index < -0.39 is 0 Å². The number of hydrogen-bond donors (Lipinski definition) is 3. The lowest BCUT2D eigenvalue weighted by atomic mass is 9.99. The lowest BCUT2D eigenvalue weighted by Crippen LogP contribution is -2.37. The van der Waals surface area contributed by atoms with Crippen molar-refractivity contribution in [3.8, 4) is 5.75 Å². The minimum atomic E-state index is -0.317. The number of aromatic hydroxyl groups is 1. The maximum Gasteiger partial charge on any atom is 0.319 e. The van der Waals surface area contributed by atoms with Crippen LogP contribution >= 0.6 is 0 Å². The summed E-state index contributed by atoms with van der Waals surface area (Å²) in [6.45, 7) is 1.51. The van der Waals surface area contributed by atoms with E-state index in [1.165, 1.54) is 5.57 Å². The van der Waals surface area contributed by atoms with Crippen molar-refractivity contribution in [1.29, 1.82) is 0 Å². The first kappa shape index (κ1) is 18.5. The number of hydrogen-bond acceptors (Lipinski definition) is 3. The van der Waals surface area contributed by atoms with Crippen LogP contribution in [0.1, 0.15) is 18.4 Å². The fraction of sp³-hybridized carbons (Fsp3) is 0.238. The lowest BCUT2D eigenvalue weighted by molar-refractivity contribution is -0.130. The van der Waals surface area contributed by atoms with Crippen molar-refractivity contribution in [2.75, 3.05) is 25.0 Å². The maximum absolute atomic E-state index is 12.3. The summed E-state index contributed by atoms with van der Waals surface area (Å²) >= 11 is 0. The summed E-state index contributed by atoms with van der Waals surface area (Å²) in [5.41, 5.74) is 2.96. The fourth-order valence-electron chi connectivity index (χ4n) is 2.97. The Labute approximate surface area is 158 Å². The van der Waals surface area contributed by atoms with Gasteiger partial charge in [0.2, 0.25) is 5.91 Å². The van der Waals surface area contributed by atoms with Crippen LogP contribution in [0.15, 0.2) is 60.7 Å². The quantitative estimate of drug-likeness (QED) is 0.761. The molecule has 140 valence electrons. The Balaban J connectivity index is 1.41. The normalized spacial score (nSPS) is 13.6. The fourth-order valence-corrected chi connectivity index (χ4v) is 2.97. The summed E-state index contributed by atoms with van der Waals surface area (Å²) in [6, 6.07) is 15.9. The predicted octanol–water partition coefficient (Wildman–Crippen LogP) is 3.22. The first-order valence-electron chi connectivity index (χ1n) is 8.98. The van der Waals surface area contributed by atoms with Crippen LogP contribution in [-0.4, -0.2) is 41.6 Å². The van der Waals surface area contributed by atoms with Gasteiger partial charge in [0, 0.05) is 31.7 Å². The Kier molecular flexibility index (Phi) is 6.10. The number of nitrogens with zero attached hydrogens (tertiary/aromatic N) is 1. The molecule has 0 saturated heterocycles. The number of urea groups is 1. The van der Waals surface area contributed by atoms with Gasteiger partial charge in [-0.2, -0.15) is 0 Å². The number of para-hydroxylation sites is 1. The summed E-state index contributed by atoms with van der Waals surface area (Å²) in [6.07, 6.45) is 3.09. The molecule has 6 nitrogen and oxygen atoms in total. The Morgan fingerprint density at radius 3 is 2.44 bits per heavy atom. The molecule has 3 rings (SSSR count). The molecule has 0 aliphatic carbocycles. The number of anilines is 1. The molecule has 1 heterocycles. The van der Waals surface area contributed by atoms with Gasteiger partial charge in [-0.15, -0.1) is 0 Å². The molecular formula is C21H23N3O3. The second kappa shape index (κ2) is 8.89.